The van der Waals surface area contributed by atoms with Gasteiger partial charge < -0.3 is 10.5 Å². The molecule has 0 radical (unpaired) electrons. The van der Waals surface area contributed by atoms with Gasteiger partial charge in [0.1, 0.15) is 0 Å². The topological polar surface area (TPSA) is 52.3 Å². The molecule has 0 aromatic rings. The molecule has 2 fully saturated rings. The maximum Gasteiger partial charge on any atom is 0.223 e. The Balaban J connectivity index is 1.87. The zero-order chi connectivity index (χ0) is 11.4. The van der Waals surface area contributed by atoms with Crippen LogP contribution in [0.2, 0.25) is 0 Å². The molecule has 3 heteroatoms. The summed E-state index contributed by atoms with van der Waals surface area (Å²) in [5.74, 6) is -0.198. The Labute approximate surface area is 97.7 Å². The van der Waals surface area contributed by atoms with Crippen LogP contribution < -0.4 is 5.73 Å². The molecule has 2 aliphatic rings. The highest BCUT2D eigenvalue weighted by Gasteiger charge is 2.32. The molecule has 2 atom stereocenters. The molecule has 0 aliphatic heterocycles. The van der Waals surface area contributed by atoms with Gasteiger partial charge in [-0.1, -0.05) is 32.1 Å². The minimum absolute atomic E-state index is 0.0318. The monoisotopic (exact) mass is 225 g/mol. The lowest BCUT2D eigenvalue weighted by Gasteiger charge is -2.34. The van der Waals surface area contributed by atoms with Gasteiger partial charge in [-0.2, -0.15) is 0 Å². The zero-order valence-electron chi connectivity index (χ0n) is 9.99. The van der Waals surface area contributed by atoms with E-state index in [-0.39, 0.29) is 17.9 Å². The van der Waals surface area contributed by atoms with Crippen molar-refractivity contribution in [3.8, 4) is 0 Å². The Hall–Kier alpha value is -0.570. The molecule has 1 amide bonds. The summed E-state index contributed by atoms with van der Waals surface area (Å²) in [6.07, 6.45) is 11.0. The smallest absolute Gasteiger partial charge is 0.223 e. The Morgan fingerprint density at radius 2 is 1.56 bits per heavy atom. The van der Waals surface area contributed by atoms with Crippen LogP contribution in [0.15, 0.2) is 0 Å². The van der Waals surface area contributed by atoms with Crippen LogP contribution in [-0.4, -0.2) is 18.1 Å². The lowest BCUT2D eigenvalue weighted by Crippen LogP contribution is -2.40. The first-order valence-corrected chi connectivity index (χ1v) is 6.72. The van der Waals surface area contributed by atoms with E-state index in [1.807, 2.05) is 0 Å². The van der Waals surface area contributed by atoms with Gasteiger partial charge in [-0.25, -0.2) is 0 Å². The van der Waals surface area contributed by atoms with E-state index in [1.54, 1.807) is 0 Å². The second-order valence-corrected chi connectivity index (χ2v) is 5.23. The Bertz CT molecular complexity index is 236. The van der Waals surface area contributed by atoms with Gasteiger partial charge in [-0.05, 0) is 25.7 Å². The van der Waals surface area contributed by atoms with E-state index in [0.29, 0.717) is 6.10 Å². The van der Waals surface area contributed by atoms with E-state index in [1.165, 1.54) is 38.5 Å². The molecule has 0 bridgehead atoms. The number of carbonyl (C=O) groups excluding carboxylic acids is 1. The van der Waals surface area contributed by atoms with E-state index in [9.17, 15) is 4.79 Å². The van der Waals surface area contributed by atoms with Crippen molar-refractivity contribution in [2.45, 2.75) is 70.0 Å². The summed E-state index contributed by atoms with van der Waals surface area (Å²) in [7, 11) is 0. The molecule has 92 valence electrons. The van der Waals surface area contributed by atoms with Gasteiger partial charge in [0.15, 0.2) is 0 Å². The summed E-state index contributed by atoms with van der Waals surface area (Å²) in [4.78, 5) is 11.3. The second kappa shape index (κ2) is 5.67. The minimum Gasteiger partial charge on any atom is -0.374 e. The lowest BCUT2D eigenvalue weighted by atomic mass is 9.85. The summed E-state index contributed by atoms with van der Waals surface area (Å²) in [6.45, 7) is 0. The number of ether oxygens (including phenoxy) is 1. The normalized spacial score (nSPS) is 32.5. The predicted molar refractivity (Wildman–Crippen MR) is 62.9 cm³/mol. The first-order valence-electron chi connectivity index (χ1n) is 6.72. The van der Waals surface area contributed by atoms with Crippen LogP contribution in [0.25, 0.3) is 0 Å². The summed E-state index contributed by atoms with van der Waals surface area (Å²) in [6, 6.07) is 0. The highest BCUT2D eigenvalue weighted by molar-refractivity contribution is 5.77. The van der Waals surface area contributed by atoms with Crippen molar-refractivity contribution >= 4 is 5.91 Å². The van der Waals surface area contributed by atoms with E-state index in [4.69, 9.17) is 10.5 Å². The third kappa shape index (κ3) is 2.97. The van der Waals surface area contributed by atoms with Crippen LogP contribution in [-0.2, 0) is 9.53 Å². The van der Waals surface area contributed by atoms with Gasteiger partial charge in [0.05, 0.1) is 18.1 Å². The fourth-order valence-electron chi connectivity index (χ4n) is 3.03. The van der Waals surface area contributed by atoms with Crippen molar-refractivity contribution in [3.05, 3.63) is 0 Å². The Kier molecular flexibility index (Phi) is 4.22. The van der Waals surface area contributed by atoms with Gasteiger partial charge in [0.2, 0.25) is 5.91 Å². The molecular formula is C13H23NO2. The molecule has 2 rings (SSSR count). The number of primary amides is 1. The molecule has 0 heterocycles. The number of carbonyl (C=O) groups is 1. The first kappa shape index (κ1) is 11.9. The second-order valence-electron chi connectivity index (χ2n) is 5.23. The maximum absolute atomic E-state index is 11.3. The standard InChI is InChI=1S/C13H23NO2/c14-13(15)11-8-4-5-9-12(11)16-10-6-2-1-3-7-10/h10-12H,1-9H2,(H2,14,15)/t11-,12-/m1/s1. The minimum atomic E-state index is -0.166. The maximum atomic E-state index is 11.3. The van der Waals surface area contributed by atoms with E-state index < -0.39 is 0 Å². The van der Waals surface area contributed by atoms with Gasteiger partial charge in [0.25, 0.3) is 0 Å². The lowest BCUT2D eigenvalue weighted by molar-refractivity contribution is -0.133. The van der Waals surface area contributed by atoms with E-state index in [0.717, 1.165) is 19.3 Å². The molecular weight excluding hydrogens is 202 g/mol. The van der Waals surface area contributed by atoms with Gasteiger partial charge in [-0.3, -0.25) is 4.79 Å². The van der Waals surface area contributed by atoms with Crippen LogP contribution in [0.4, 0.5) is 0 Å². The molecule has 0 spiro atoms. The average Bonchev–Trinajstić information content (AvgIpc) is 2.31. The van der Waals surface area contributed by atoms with Crippen LogP contribution in [0, 0.1) is 5.92 Å². The molecule has 0 unspecified atom stereocenters. The molecule has 3 nitrogen and oxygen atoms in total. The summed E-state index contributed by atoms with van der Waals surface area (Å²) in [5, 5.41) is 0. The number of hydrogen-bond acceptors (Lipinski definition) is 2. The number of hydrogen-bond donors (Lipinski definition) is 1. The van der Waals surface area contributed by atoms with Gasteiger partial charge in [-0.15, -0.1) is 0 Å². The number of amides is 1. The molecule has 2 aliphatic carbocycles. The van der Waals surface area contributed by atoms with Crippen molar-refractivity contribution in [3.63, 3.8) is 0 Å². The fourth-order valence-corrected chi connectivity index (χ4v) is 3.03. The zero-order valence-corrected chi connectivity index (χ0v) is 9.99. The Morgan fingerprint density at radius 1 is 0.938 bits per heavy atom. The highest BCUT2D eigenvalue weighted by atomic mass is 16.5. The fraction of sp³-hybridized carbons (Fsp3) is 0.923. The van der Waals surface area contributed by atoms with Crippen LogP contribution >= 0.6 is 0 Å². The molecule has 0 aromatic carbocycles. The quantitative estimate of drug-likeness (QED) is 0.801. The largest absolute Gasteiger partial charge is 0.374 e. The summed E-state index contributed by atoms with van der Waals surface area (Å²) < 4.78 is 6.11. The van der Waals surface area contributed by atoms with Crippen LogP contribution in [0.5, 0.6) is 0 Å². The molecule has 0 aromatic heterocycles. The molecule has 2 N–H and O–H groups in total. The molecule has 16 heavy (non-hydrogen) atoms. The van der Waals surface area contributed by atoms with E-state index >= 15 is 0 Å². The molecule has 0 saturated heterocycles. The van der Waals surface area contributed by atoms with Crippen molar-refractivity contribution in [1.29, 1.82) is 0 Å². The SMILES string of the molecule is NC(=O)[C@@H]1CCCC[C@H]1OC1CCCCC1. The summed E-state index contributed by atoms with van der Waals surface area (Å²) in [5.41, 5.74) is 5.44. The predicted octanol–water partition coefficient (Wildman–Crippen LogP) is 2.38. The van der Waals surface area contributed by atoms with Crippen molar-refractivity contribution < 1.29 is 9.53 Å². The Morgan fingerprint density at radius 3 is 2.25 bits per heavy atom. The molecule has 2 saturated carbocycles. The first-order chi connectivity index (χ1) is 7.77. The number of nitrogens with two attached hydrogens (primary N) is 1. The average molecular weight is 225 g/mol. The highest BCUT2D eigenvalue weighted by Crippen LogP contribution is 2.30. The van der Waals surface area contributed by atoms with Gasteiger partial charge >= 0.3 is 0 Å². The van der Waals surface area contributed by atoms with Crippen molar-refractivity contribution in [2.24, 2.45) is 11.7 Å². The number of rotatable bonds is 3. The third-order valence-corrected chi connectivity index (χ3v) is 3.99. The van der Waals surface area contributed by atoms with Gasteiger partial charge in [0, 0.05) is 0 Å². The van der Waals surface area contributed by atoms with Crippen LogP contribution in [0.1, 0.15) is 57.8 Å². The van der Waals surface area contributed by atoms with Crippen molar-refractivity contribution in [1.82, 2.24) is 0 Å². The van der Waals surface area contributed by atoms with Crippen molar-refractivity contribution in [2.75, 3.05) is 0 Å². The van der Waals surface area contributed by atoms with E-state index in [2.05, 4.69) is 0 Å². The third-order valence-electron chi connectivity index (χ3n) is 3.99. The summed E-state index contributed by atoms with van der Waals surface area (Å²) >= 11 is 0. The van der Waals surface area contributed by atoms with Crippen LogP contribution in [0.3, 0.4) is 0 Å².